The number of carbonyl (C=O) groups is 1. The predicted octanol–water partition coefficient (Wildman–Crippen LogP) is 2.84. The van der Waals surface area contributed by atoms with Crippen LogP contribution >= 0.6 is 0 Å². The third-order valence-electron chi connectivity index (χ3n) is 3.89. The van der Waals surface area contributed by atoms with Crippen molar-refractivity contribution in [2.75, 3.05) is 0 Å². The smallest absolute Gasteiger partial charge is 0.251 e. The quantitative estimate of drug-likeness (QED) is 0.879. The Kier molecular flexibility index (Phi) is 4.59. The molecule has 2 rings (SSSR count). The lowest BCUT2D eigenvalue weighted by Gasteiger charge is -2.28. The Morgan fingerprint density at radius 3 is 2.42 bits per heavy atom. The summed E-state index contributed by atoms with van der Waals surface area (Å²) >= 11 is 0. The van der Waals surface area contributed by atoms with Gasteiger partial charge in [-0.25, -0.2) is 0 Å². The van der Waals surface area contributed by atoms with E-state index in [0.717, 1.165) is 25.7 Å². The van der Waals surface area contributed by atoms with Gasteiger partial charge in [0.1, 0.15) is 0 Å². The molecular formula is C16H23NO2. The second-order valence-electron chi connectivity index (χ2n) is 5.71. The maximum absolute atomic E-state index is 12.1. The lowest BCUT2D eigenvalue weighted by Crippen LogP contribution is -2.45. The highest BCUT2D eigenvalue weighted by atomic mass is 16.3. The van der Waals surface area contributed by atoms with E-state index < -0.39 is 6.10 Å². The number of carbonyl (C=O) groups excluding carboxylic acids is 1. The normalized spacial score (nSPS) is 23.4. The van der Waals surface area contributed by atoms with Crippen LogP contribution in [0.4, 0.5) is 0 Å². The molecule has 1 fully saturated rings. The van der Waals surface area contributed by atoms with Crippen LogP contribution in [0.3, 0.4) is 0 Å². The average Bonchev–Trinajstić information content (AvgIpc) is 2.41. The minimum atomic E-state index is -0.396. The Morgan fingerprint density at radius 2 is 1.84 bits per heavy atom. The van der Waals surface area contributed by atoms with Gasteiger partial charge in [0, 0.05) is 5.56 Å². The summed E-state index contributed by atoms with van der Waals surface area (Å²) in [6, 6.07) is 7.62. The van der Waals surface area contributed by atoms with Crippen LogP contribution < -0.4 is 5.32 Å². The summed E-state index contributed by atoms with van der Waals surface area (Å²) < 4.78 is 0. The molecule has 0 aromatic heterocycles. The molecule has 1 aromatic rings. The molecule has 0 bridgehead atoms. The maximum atomic E-state index is 12.1. The van der Waals surface area contributed by atoms with E-state index in [0.29, 0.717) is 11.5 Å². The molecule has 1 aliphatic carbocycles. The van der Waals surface area contributed by atoms with Crippen molar-refractivity contribution in [3.63, 3.8) is 0 Å². The first-order valence-electron chi connectivity index (χ1n) is 7.17. The van der Waals surface area contributed by atoms with Gasteiger partial charge in [-0.2, -0.15) is 0 Å². The predicted molar refractivity (Wildman–Crippen MR) is 76.3 cm³/mol. The Labute approximate surface area is 115 Å². The van der Waals surface area contributed by atoms with Gasteiger partial charge < -0.3 is 10.4 Å². The molecule has 0 radical (unpaired) electrons. The number of benzene rings is 1. The molecule has 0 saturated heterocycles. The number of aliphatic hydroxyl groups excluding tert-OH is 1. The molecule has 2 N–H and O–H groups in total. The monoisotopic (exact) mass is 261 g/mol. The minimum Gasteiger partial charge on any atom is -0.391 e. The van der Waals surface area contributed by atoms with Crippen LogP contribution in [0, 0.1) is 0 Å². The second kappa shape index (κ2) is 6.20. The molecule has 0 spiro atoms. The molecular weight excluding hydrogens is 238 g/mol. The summed E-state index contributed by atoms with van der Waals surface area (Å²) in [5.74, 6) is 0.388. The van der Waals surface area contributed by atoms with E-state index >= 15 is 0 Å². The van der Waals surface area contributed by atoms with E-state index in [1.54, 1.807) is 0 Å². The minimum absolute atomic E-state index is 0.0822. The summed E-state index contributed by atoms with van der Waals surface area (Å²) in [4.78, 5) is 12.1. The van der Waals surface area contributed by atoms with Crippen molar-refractivity contribution in [3.05, 3.63) is 35.4 Å². The van der Waals surface area contributed by atoms with Gasteiger partial charge in [0.05, 0.1) is 12.1 Å². The zero-order valence-corrected chi connectivity index (χ0v) is 11.7. The van der Waals surface area contributed by atoms with Gasteiger partial charge in [0.2, 0.25) is 0 Å². The molecule has 19 heavy (non-hydrogen) atoms. The summed E-state index contributed by atoms with van der Waals surface area (Å²) in [5, 5.41) is 12.8. The van der Waals surface area contributed by atoms with Crippen molar-refractivity contribution >= 4 is 5.91 Å². The van der Waals surface area contributed by atoms with Crippen LogP contribution in [0.5, 0.6) is 0 Å². The molecule has 0 aliphatic heterocycles. The number of rotatable bonds is 3. The zero-order valence-electron chi connectivity index (χ0n) is 11.7. The summed E-state index contributed by atoms with van der Waals surface area (Å²) in [7, 11) is 0. The molecule has 0 heterocycles. The Bertz CT molecular complexity index is 425. The van der Waals surface area contributed by atoms with E-state index in [9.17, 15) is 9.90 Å². The molecule has 104 valence electrons. The molecule has 1 saturated carbocycles. The molecule has 3 nitrogen and oxygen atoms in total. The van der Waals surface area contributed by atoms with Crippen molar-refractivity contribution in [1.29, 1.82) is 0 Å². The van der Waals surface area contributed by atoms with Crippen molar-refractivity contribution in [2.24, 2.45) is 0 Å². The average molecular weight is 261 g/mol. The van der Waals surface area contributed by atoms with Gasteiger partial charge in [-0.1, -0.05) is 38.8 Å². The van der Waals surface area contributed by atoms with E-state index in [1.807, 2.05) is 24.3 Å². The first-order valence-corrected chi connectivity index (χ1v) is 7.17. The van der Waals surface area contributed by atoms with Gasteiger partial charge in [-0.05, 0) is 36.5 Å². The zero-order chi connectivity index (χ0) is 13.8. The molecule has 2 atom stereocenters. The fourth-order valence-corrected chi connectivity index (χ4v) is 2.55. The third-order valence-corrected chi connectivity index (χ3v) is 3.89. The lowest BCUT2D eigenvalue weighted by molar-refractivity contribution is 0.0717. The van der Waals surface area contributed by atoms with Gasteiger partial charge in [-0.15, -0.1) is 0 Å². The fourth-order valence-electron chi connectivity index (χ4n) is 2.55. The maximum Gasteiger partial charge on any atom is 0.251 e. The van der Waals surface area contributed by atoms with Crippen LogP contribution in [0.2, 0.25) is 0 Å². The van der Waals surface area contributed by atoms with E-state index in [2.05, 4.69) is 19.2 Å². The second-order valence-corrected chi connectivity index (χ2v) is 5.71. The largest absolute Gasteiger partial charge is 0.391 e. The number of hydrogen-bond acceptors (Lipinski definition) is 2. The lowest BCUT2D eigenvalue weighted by atomic mass is 9.92. The number of aliphatic hydroxyl groups is 1. The van der Waals surface area contributed by atoms with E-state index in [4.69, 9.17) is 0 Å². The van der Waals surface area contributed by atoms with E-state index in [1.165, 1.54) is 5.56 Å². The van der Waals surface area contributed by atoms with Crippen LogP contribution in [0.25, 0.3) is 0 Å². The van der Waals surface area contributed by atoms with Crippen molar-refractivity contribution in [3.8, 4) is 0 Å². The SMILES string of the molecule is CC(C)c1ccc(C(=O)NC2CCCCC2O)cc1. The van der Waals surface area contributed by atoms with Crippen molar-refractivity contribution in [1.82, 2.24) is 5.32 Å². The summed E-state index contributed by atoms with van der Waals surface area (Å²) in [6.07, 6.45) is 3.40. The third kappa shape index (κ3) is 3.57. The number of amides is 1. The Balaban J connectivity index is 1.99. The number of hydrogen-bond donors (Lipinski definition) is 2. The van der Waals surface area contributed by atoms with Crippen molar-refractivity contribution in [2.45, 2.75) is 57.6 Å². The van der Waals surface area contributed by atoms with Crippen molar-refractivity contribution < 1.29 is 9.90 Å². The Hall–Kier alpha value is -1.35. The standard InChI is InChI=1S/C16H23NO2/c1-11(2)12-7-9-13(10-8-12)16(19)17-14-5-3-4-6-15(14)18/h7-11,14-15,18H,3-6H2,1-2H3,(H,17,19). The topological polar surface area (TPSA) is 49.3 Å². The molecule has 2 unspecified atom stereocenters. The molecule has 1 aliphatic rings. The molecule has 1 amide bonds. The van der Waals surface area contributed by atoms with Crippen LogP contribution in [-0.2, 0) is 0 Å². The highest BCUT2D eigenvalue weighted by molar-refractivity contribution is 5.94. The molecule has 1 aromatic carbocycles. The van der Waals surface area contributed by atoms with Crippen LogP contribution in [0.1, 0.15) is 61.4 Å². The van der Waals surface area contributed by atoms with Crippen LogP contribution in [-0.4, -0.2) is 23.2 Å². The van der Waals surface area contributed by atoms with Gasteiger partial charge >= 0.3 is 0 Å². The fraction of sp³-hybridized carbons (Fsp3) is 0.562. The first-order chi connectivity index (χ1) is 9.08. The van der Waals surface area contributed by atoms with E-state index in [-0.39, 0.29) is 11.9 Å². The first kappa shape index (κ1) is 14.1. The highest BCUT2D eigenvalue weighted by Crippen LogP contribution is 2.19. The van der Waals surface area contributed by atoms with Gasteiger partial charge in [0.15, 0.2) is 0 Å². The molecule has 3 heteroatoms. The Morgan fingerprint density at radius 1 is 1.21 bits per heavy atom. The van der Waals surface area contributed by atoms with Gasteiger partial charge in [0.25, 0.3) is 5.91 Å². The van der Waals surface area contributed by atoms with Gasteiger partial charge in [-0.3, -0.25) is 4.79 Å². The van der Waals surface area contributed by atoms with Crippen LogP contribution in [0.15, 0.2) is 24.3 Å². The summed E-state index contributed by atoms with van der Waals surface area (Å²) in [5.41, 5.74) is 1.90. The summed E-state index contributed by atoms with van der Waals surface area (Å²) in [6.45, 7) is 4.26. The highest BCUT2D eigenvalue weighted by Gasteiger charge is 2.24. The number of nitrogens with one attached hydrogen (secondary N) is 1.